The van der Waals surface area contributed by atoms with Crippen molar-refractivity contribution in [3.05, 3.63) is 134 Å². The molecule has 0 aliphatic rings. The van der Waals surface area contributed by atoms with E-state index in [1.165, 1.54) is 148 Å². The SMILES string of the molecule is CC/C=C\C/C=C\C/C=C\C/C=C\C/C=C\C/C=C\C/C=C\C/C=C\C/C=C\CCCC(=O)OC(COC(=O)CCCCCCCCCCCCCCCCCCCCC/C=C\C/C=C\CCCCCCC)COP(=O)(O)OCCN. The summed E-state index contributed by atoms with van der Waals surface area (Å²) in [5.41, 5.74) is 5.39. The summed E-state index contributed by atoms with van der Waals surface area (Å²) < 4.78 is 33.0. The smallest absolute Gasteiger partial charge is 0.462 e. The molecule has 0 amide bonds. The first-order valence-electron chi connectivity index (χ1n) is 32.7. The quantitative estimate of drug-likeness (QED) is 0.0264. The summed E-state index contributed by atoms with van der Waals surface area (Å²) in [5.74, 6) is -0.899. The van der Waals surface area contributed by atoms with Crippen molar-refractivity contribution in [1.29, 1.82) is 0 Å². The molecule has 0 saturated carbocycles. The number of rotatable bonds is 60. The van der Waals surface area contributed by atoms with Crippen molar-refractivity contribution in [2.45, 2.75) is 277 Å². The van der Waals surface area contributed by atoms with Crippen LogP contribution in [0.1, 0.15) is 271 Å². The van der Waals surface area contributed by atoms with Gasteiger partial charge in [0.15, 0.2) is 6.10 Å². The molecule has 3 N–H and O–H groups in total. The minimum absolute atomic E-state index is 0.0380. The van der Waals surface area contributed by atoms with Crippen molar-refractivity contribution in [3.63, 3.8) is 0 Å². The first-order valence-corrected chi connectivity index (χ1v) is 34.2. The Balaban J connectivity index is 4.03. The van der Waals surface area contributed by atoms with Crippen LogP contribution in [-0.4, -0.2) is 49.3 Å². The Morgan fingerprint density at radius 2 is 0.691 bits per heavy atom. The summed E-state index contributed by atoms with van der Waals surface area (Å²) in [6.07, 6.45) is 92.5. The standard InChI is InChI=1S/C71H120NO8P/c1-3-5-7-9-11-13-15-17-19-21-23-25-27-29-31-33-34-36-37-39-41-43-45-47-49-51-53-55-57-59-61-63-70(73)77-67-69(68-79-81(75,76)78-66-65-72)80-71(74)64-62-60-58-56-54-52-50-48-46-44-42-40-38-35-32-30-28-26-24-22-20-18-16-14-12-10-8-6-4-2/h6,8,12,14-15,17-18,20-21,23-24,26,30,32,38,40,44,46,50,52,56,58,69H,3-5,7,9-11,13,16,19,22,25,27-29,31,33-37,39,41-43,45,47-49,51,53-55,57,59-68,72H2,1-2H3,(H,75,76)/b8-6-,14-12-,17-15-,20-18-,23-21-,26-24-,32-30-,40-38-,46-44-,52-50-,58-56-. The Morgan fingerprint density at radius 3 is 1.05 bits per heavy atom. The summed E-state index contributed by atoms with van der Waals surface area (Å²) in [6, 6.07) is 0. The molecular weight excluding hydrogens is 1030 g/mol. The molecule has 81 heavy (non-hydrogen) atoms. The van der Waals surface area contributed by atoms with Crippen molar-refractivity contribution >= 4 is 19.8 Å². The average molecular weight is 1150 g/mol. The van der Waals surface area contributed by atoms with E-state index in [-0.39, 0.29) is 32.6 Å². The maximum atomic E-state index is 12.7. The van der Waals surface area contributed by atoms with Gasteiger partial charge in [0.2, 0.25) is 0 Å². The highest BCUT2D eigenvalue weighted by Gasteiger charge is 2.26. The maximum Gasteiger partial charge on any atom is 0.472 e. The molecule has 0 aromatic heterocycles. The largest absolute Gasteiger partial charge is 0.472 e. The highest BCUT2D eigenvalue weighted by molar-refractivity contribution is 7.47. The summed E-state index contributed by atoms with van der Waals surface area (Å²) in [6.45, 7) is 3.56. The third kappa shape index (κ3) is 65.2. The zero-order valence-electron chi connectivity index (χ0n) is 51.7. The number of allylic oxidation sites excluding steroid dienone is 22. The van der Waals surface area contributed by atoms with Gasteiger partial charge in [0.05, 0.1) is 13.2 Å². The van der Waals surface area contributed by atoms with Gasteiger partial charge in [-0.15, -0.1) is 0 Å². The Hall–Kier alpha value is -3.85. The van der Waals surface area contributed by atoms with Crippen LogP contribution in [0.4, 0.5) is 0 Å². The number of carbonyl (C=O) groups excluding carboxylic acids is 2. The van der Waals surface area contributed by atoms with Gasteiger partial charge in [-0.25, -0.2) is 4.57 Å². The molecule has 0 rings (SSSR count). The van der Waals surface area contributed by atoms with E-state index >= 15 is 0 Å². The molecule has 0 fully saturated rings. The van der Waals surface area contributed by atoms with Crippen LogP contribution in [0.2, 0.25) is 0 Å². The number of carbonyl (C=O) groups is 2. The molecule has 0 bridgehead atoms. The third-order valence-electron chi connectivity index (χ3n) is 13.5. The van der Waals surface area contributed by atoms with Crippen LogP contribution in [0.5, 0.6) is 0 Å². The predicted octanol–water partition coefficient (Wildman–Crippen LogP) is 21.3. The normalized spacial score (nSPS) is 13.9. The van der Waals surface area contributed by atoms with E-state index < -0.39 is 32.5 Å². The first kappa shape index (κ1) is 77.2. The van der Waals surface area contributed by atoms with Crippen LogP contribution in [0.3, 0.4) is 0 Å². The lowest BCUT2D eigenvalue weighted by Crippen LogP contribution is -2.29. The Kier molecular flexibility index (Phi) is 62.2. The monoisotopic (exact) mass is 1150 g/mol. The molecular formula is C71H120NO8P. The van der Waals surface area contributed by atoms with Crippen molar-refractivity contribution in [3.8, 4) is 0 Å². The van der Waals surface area contributed by atoms with Crippen molar-refractivity contribution < 1.29 is 37.6 Å². The fraction of sp³-hybridized carbons (Fsp3) is 0.662. The molecule has 0 saturated heterocycles. The number of phosphoric ester groups is 1. The van der Waals surface area contributed by atoms with Gasteiger partial charge in [0.1, 0.15) is 6.61 Å². The lowest BCUT2D eigenvalue weighted by Gasteiger charge is -2.19. The second-order valence-corrected chi connectivity index (χ2v) is 22.7. The number of hydrogen-bond donors (Lipinski definition) is 2. The van der Waals surface area contributed by atoms with Gasteiger partial charge in [-0.05, 0) is 109 Å². The lowest BCUT2D eigenvalue weighted by atomic mass is 10.0. The number of hydrogen-bond acceptors (Lipinski definition) is 8. The van der Waals surface area contributed by atoms with Crippen LogP contribution in [-0.2, 0) is 32.7 Å². The van der Waals surface area contributed by atoms with E-state index in [1.807, 2.05) is 6.08 Å². The van der Waals surface area contributed by atoms with E-state index in [4.69, 9.17) is 24.3 Å². The Bertz CT molecular complexity index is 1790. The summed E-state index contributed by atoms with van der Waals surface area (Å²) in [4.78, 5) is 35.3. The first-order chi connectivity index (χ1) is 39.8. The van der Waals surface area contributed by atoms with E-state index in [1.54, 1.807) is 0 Å². The summed E-state index contributed by atoms with van der Waals surface area (Å²) in [7, 11) is -4.42. The number of ether oxygens (including phenoxy) is 2. The van der Waals surface area contributed by atoms with Gasteiger partial charge in [-0.1, -0.05) is 282 Å². The van der Waals surface area contributed by atoms with Crippen LogP contribution in [0.15, 0.2) is 134 Å². The van der Waals surface area contributed by atoms with E-state index in [0.29, 0.717) is 12.8 Å². The highest BCUT2D eigenvalue weighted by Crippen LogP contribution is 2.43. The minimum atomic E-state index is -4.42. The molecule has 2 atom stereocenters. The topological polar surface area (TPSA) is 134 Å². The lowest BCUT2D eigenvalue weighted by molar-refractivity contribution is -0.161. The van der Waals surface area contributed by atoms with Crippen LogP contribution in [0.25, 0.3) is 0 Å². The van der Waals surface area contributed by atoms with Gasteiger partial charge < -0.3 is 20.1 Å². The molecule has 0 aromatic carbocycles. The molecule has 0 aliphatic heterocycles. The molecule has 2 unspecified atom stereocenters. The third-order valence-corrected chi connectivity index (χ3v) is 14.5. The molecule has 0 radical (unpaired) electrons. The zero-order valence-corrected chi connectivity index (χ0v) is 52.6. The van der Waals surface area contributed by atoms with Crippen molar-refractivity contribution in [2.75, 3.05) is 26.4 Å². The van der Waals surface area contributed by atoms with Crippen LogP contribution >= 0.6 is 7.82 Å². The molecule has 462 valence electrons. The number of esters is 2. The van der Waals surface area contributed by atoms with E-state index in [9.17, 15) is 19.0 Å². The fourth-order valence-electron chi connectivity index (χ4n) is 8.73. The summed E-state index contributed by atoms with van der Waals surface area (Å²) in [5, 5.41) is 0. The summed E-state index contributed by atoms with van der Waals surface area (Å²) >= 11 is 0. The second-order valence-electron chi connectivity index (χ2n) is 21.2. The van der Waals surface area contributed by atoms with Gasteiger partial charge in [-0.3, -0.25) is 18.6 Å². The average Bonchev–Trinajstić information content (AvgIpc) is 3.46. The fourth-order valence-corrected chi connectivity index (χ4v) is 9.49. The van der Waals surface area contributed by atoms with Crippen molar-refractivity contribution in [2.24, 2.45) is 5.73 Å². The van der Waals surface area contributed by atoms with E-state index in [0.717, 1.165) is 83.5 Å². The predicted molar refractivity (Wildman–Crippen MR) is 348 cm³/mol. The minimum Gasteiger partial charge on any atom is -0.462 e. The molecule has 0 spiro atoms. The van der Waals surface area contributed by atoms with Gasteiger partial charge >= 0.3 is 19.8 Å². The van der Waals surface area contributed by atoms with Crippen molar-refractivity contribution in [1.82, 2.24) is 0 Å². The zero-order chi connectivity index (χ0) is 58.7. The Morgan fingerprint density at radius 1 is 0.383 bits per heavy atom. The molecule has 0 aromatic rings. The highest BCUT2D eigenvalue weighted by atomic mass is 31.2. The number of nitrogens with two attached hydrogens (primary N) is 1. The molecule has 10 heteroatoms. The van der Waals surface area contributed by atoms with Crippen LogP contribution in [0, 0.1) is 0 Å². The maximum absolute atomic E-state index is 12.7. The molecule has 9 nitrogen and oxygen atoms in total. The second kappa shape index (κ2) is 65.3. The van der Waals surface area contributed by atoms with Gasteiger partial charge in [-0.2, -0.15) is 0 Å². The van der Waals surface area contributed by atoms with Crippen LogP contribution < -0.4 is 5.73 Å². The van der Waals surface area contributed by atoms with Gasteiger partial charge in [0.25, 0.3) is 0 Å². The number of unbranched alkanes of at least 4 members (excludes halogenated alkanes) is 25. The van der Waals surface area contributed by atoms with E-state index in [2.05, 4.69) is 141 Å². The molecule has 0 heterocycles. The molecule has 0 aliphatic carbocycles. The Labute approximate surface area is 497 Å². The van der Waals surface area contributed by atoms with Gasteiger partial charge in [0, 0.05) is 19.4 Å². The number of phosphoric acid groups is 1.